The van der Waals surface area contributed by atoms with Crippen molar-refractivity contribution in [2.75, 3.05) is 0 Å². The summed E-state index contributed by atoms with van der Waals surface area (Å²) in [6.07, 6.45) is -2.01. The van der Waals surface area contributed by atoms with Crippen LogP contribution in [0.3, 0.4) is 0 Å². The van der Waals surface area contributed by atoms with E-state index in [-0.39, 0.29) is 11.5 Å². The number of fused-ring (bicyclic) bond motifs is 1. The molecule has 26 heavy (non-hydrogen) atoms. The van der Waals surface area contributed by atoms with E-state index >= 15 is 0 Å². The van der Waals surface area contributed by atoms with Crippen LogP contribution >= 0.6 is 0 Å². The van der Waals surface area contributed by atoms with E-state index in [9.17, 15) is 18.0 Å². The van der Waals surface area contributed by atoms with Gasteiger partial charge < -0.3 is 4.74 Å². The molecular weight excluding hydrogens is 347 g/mol. The van der Waals surface area contributed by atoms with Gasteiger partial charge in [-0.15, -0.1) is 18.3 Å². The van der Waals surface area contributed by atoms with E-state index in [4.69, 9.17) is 0 Å². The maximum atomic E-state index is 12.2. The minimum absolute atomic E-state index is 0.145. The van der Waals surface area contributed by atoms with Crippen molar-refractivity contribution in [1.82, 2.24) is 14.8 Å². The van der Waals surface area contributed by atoms with E-state index in [0.717, 1.165) is 16.7 Å². The van der Waals surface area contributed by atoms with Gasteiger partial charge in [0.1, 0.15) is 12.1 Å². The van der Waals surface area contributed by atoms with Gasteiger partial charge >= 0.3 is 6.36 Å². The number of carbonyl (C=O) groups excluding carboxylic acids is 1. The fourth-order valence-electron chi connectivity index (χ4n) is 2.91. The number of aromatic nitrogens is 3. The summed E-state index contributed by atoms with van der Waals surface area (Å²) < 4.78 is 41.9. The normalized spacial score (nSPS) is 13.7. The minimum atomic E-state index is -4.73. The van der Waals surface area contributed by atoms with Crippen LogP contribution in [0.2, 0.25) is 0 Å². The molecule has 1 aliphatic rings. The molecule has 2 aromatic carbocycles. The Bertz CT molecular complexity index is 978. The first-order valence-corrected chi connectivity index (χ1v) is 7.83. The Morgan fingerprint density at radius 3 is 2.54 bits per heavy atom. The predicted octanol–water partition coefficient (Wildman–Crippen LogP) is 3.96. The molecule has 1 aliphatic carbocycles. The summed E-state index contributed by atoms with van der Waals surface area (Å²) in [5.41, 5.74) is 3.06. The van der Waals surface area contributed by atoms with Crippen molar-refractivity contribution in [3.05, 3.63) is 59.9 Å². The molecule has 5 nitrogen and oxygen atoms in total. The molecule has 0 saturated heterocycles. The Balaban J connectivity index is 1.58. The van der Waals surface area contributed by atoms with Gasteiger partial charge in [-0.25, -0.2) is 9.67 Å². The van der Waals surface area contributed by atoms with Crippen LogP contribution in [0.1, 0.15) is 22.3 Å². The second-order valence-corrected chi connectivity index (χ2v) is 5.85. The Morgan fingerprint density at radius 2 is 1.81 bits per heavy atom. The maximum Gasteiger partial charge on any atom is 0.573 e. The van der Waals surface area contributed by atoms with Gasteiger partial charge in [-0.3, -0.25) is 4.79 Å². The minimum Gasteiger partial charge on any atom is -0.406 e. The lowest BCUT2D eigenvalue weighted by Gasteiger charge is -2.09. The molecule has 8 heteroatoms. The van der Waals surface area contributed by atoms with E-state index in [2.05, 4.69) is 14.8 Å². The number of Topliss-reactive ketones (excluding diaryl/α,β-unsaturated/α-hetero) is 1. The summed E-state index contributed by atoms with van der Waals surface area (Å²) >= 11 is 0. The third-order valence-corrected chi connectivity index (χ3v) is 4.11. The van der Waals surface area contributed by atoms with Crippen LogP contribution in [0, 0.1) is 0 Å². The van der Waals surface area contributed by atoms with E-state index in [1.807, 2.05) is 6.07 Å². The lowest BCUT2D eigenvalue weighted by atomic mass is 10.1. The fraction of sp³-hybridized carbons (Fsp3) is 0.167. The molecule has 0 N–H and O–H groups in total. The van der Waals surface area contributed by atoms with Crippen molar-refractivity contribution in [2.45, 2.75) is 19.2 Å². The van der Waals surface area contributed by atoms with Crippen molar-refractivity contribution in [2.24, 2.45) is 0 Å². The number of ketones is 1. The van der Waals surface area contributed by atoms with Crippen molar-refractivity contribution < 1.29 is 22.7 Å². The van der Waals surface area contributed by atoms with Crippen molar-refractivity contribution in [3.63, 3.8) is 0 Å². The summed E-state index contributed by atoms with van der Waals surface area (Å²) in [5, 5.41) is 4.36. The molecule has 0 spiro atoms. The smallest absolute Gasteiger partial charge is 0.406 e. The molecule has 132 valence electrons. The number of rotatable bonds is 3. The van der Waals surface area contributed by atoms with Gasteiger partial charge in [0.25, 0.3) is 0 Å². The molecule has 4 rings (SSSR count). The molecule has 0 unspecified atom stereocenters. The van der Waals surface area contributed by atoms with Gasteiger partial charge in [-0.1, -0.05) is 12.1 Å². The number of alkyl halides is 3. The summed E-state index contributed by atoms with van der Waals surface area (Å²) in [7, 11) is 0. The average Bonchev–Trinajstić information content (AvgIpc) is 3.21. The van der Waals surface area contributed by atoms with Crippen LogP contribution in [0.5, 0.6) is 5.75 Å². The van der Waals surface area contributed by atoms with Crippen LogP contribution in [0.4, 0.5) is 13.2 Å². The highest BCUT2D eigenvalue weighted by Gasteiger charge is 2.31. The molecule has 3 aromatic rings. The number of carbonyl (C=O) groups is 1. The zero-order valence-corrected chi connectivity index (χ0v) is 13.3. The molecule has 0 aliphatic heterocycles. The van der Waals surface area contributed by atoms with Gasteiger partial charge in [0.2, 0.25) is 0 Å². The lowest BCUT2D eigenvalue weighted by molar-refractivity contribution is -0.274. The topological polar surface area (TPSA) is 57.0 Å². The second-order valence-electron chi connectivity index (χ2n) is 5.85. The zero-order valence-electron chi connectivity index (χ0n) is 13.3. The Labute approximate surface area is 146 Å². The predicted molar refractivity (Wildman–Crippen MR) is 86.1 cm³/mol. The molecule has 1 aromatic heterocycles. The Hall–Kier alpha value is -3.16. The number of hydrogen-bond acceptors (Lipinski definition) is 4. The van der Waals surface area contributed by atoms with Crippen LogP contribution in [-0.2, 0) is 6.42 Å². The first-order chi connectivity index (χ1) is 12.4. The fourth-order valence-corrected chi connectivity index (χ4v) is 2.91. The van der Waals surface area contributed by atoms with E-state index in [1.54, 1.807) is 12.1 Å². The quantitative estimate of drug-likeness (QED) is 0.710. The summed E-state index contributed by atoms with van der Waals surface area (Å²) in [5.74, 6) is 0.318. The van der Waals surface area contributed by atoms with Crippen LogP contribution in [0.25, 0.3) is 17.1 Å². The highest BCUT2D eigenvalue weighted by Crippen LogP contribution is 2.27. The molecule has 0 radical (unpaired) electrons. The second kappa shape index (κ2) is 5.98. The van der Waals surface area contributed by atoms with E-state index in [0.29, 0.717) is 24.4 Å². The largest absolute Gasteiger partial charge is 0.573 e. The van der Waals surface area contributed by atoms with Gasteiger partial charge in [-0.05, 0) is 42.3 Å². The zero-order chi connectivity index (χ0) is 18.3. The number of hydrogen-bond donors (Lipinski definition) is 0. The van der Waals surface area contributed by atoms with Crippen molar-refractivity contribution in [3.8, 4) is 22.8 Å². The monoisotopic (exact) mass is 359 g/mol. The highest BCUT2D eigenvalue weighted by atomic mass is 19.4. The average molecular weight is 359 g/mol. The maximum absolute atomic E-state index is 12.2. The number of ether oxygens (including phenoxy) is 1. The number of nitrogens with zero attached hydrogens (tertiary/aromatic N) is 3. The van der Waals surface area contributed by atoms with Gasteiger partial charge in [0.15, 0.2) is 11.6 Å². The molecule has 1 heterocycles. The van der Waals surface area contributed by atoms with Crippen molar-refractivity contribution >= 4 is 5.78 Å². The molecule has 0 atom stereocenters. The van der Waals surface area contributed by atoms with Crippen LogP contribution in [-0.4, -0.2) is 26.9 Å². The lowest BCUT2D eigenvalue weighted by Crippen LogP contribution is -2.17. The summed E-state index contributed by atoms with van der Waals surface area (Å²) in [6.45, 7) is 0. The molecule has 0 bridgehead atoms. The summed E-state index contributed by atoms with van der Waals surface area (Å²) in [4.78, 5) is 15.9. The highest BCUT2D eigenvalue weighted by molar-refractivity contribution is 6.00. The molecule has 0 fully saturated rings. The van der Waals surface area contributed by atoms with Crippen LogP contribution < -0.4 is 4.74 Å². The van der Waals surface area contributed by atoms with Gasteiger partial charge in [-0.2, -0.15) is 0 Å². The number of benzene rings is 2. The SMILES string of the molecule is O=C1CCc2cc(-c3ncn(-c4ccc(OC(F)(F)F)cc4)n3)ccc21. The number of aryl methyl sites for hydroxylation is 1. The third-order valence-electron chi connectivity index (χ3n) is 4.11. The third kappa shape index (κ3) is 3.17. The van der Waals surface area contributed by atoms with Gasteiger partial charge in [0, 0.05) is 17.5 Å². The van der Waals surface area contributed by atoms with Crippen molar-refractivity contribution in [1.29, 1.82) is 0 Å². The van der Waals surface area contributed by atoms with Gasteiger partial charge in [0.05, 0.1) is 5.69 Å². The first kappa shape index (κ1) is 16.3. The van der Waals surface area contributed by atoms with E-state index in [1.165, 1.54) is 35.3 Å². The molecule has 0 amide bonds. The number of halogens is 3. The van der Waals surface area contributed by atoms with Crippen LogP contribution in [0.15, 0.2) is 48.8 Å². The Morgan fingerprint density at radius 1 is 1.04 bits per heavy atom. The Kier molecular flexibility index (Phi) is 3.75. The standard InChI is InChI=1S/C18H12F3N3O2/c19-18(20,21)26-14-5-3-13(4-6-14)24-10-22-17(23-24)12-1-7-15-11(9-12)2-8-16(15)25/h1,3-7,9-10H,2,8H2. The summed E-state index contributed by atoms with van der Waals surface area (Å²) in [6, 6.07) is 10.8. The molecule has 0 saturated carbocycles. The first-order valence-electron chi connectivity index (χ1n) is 7.83. The van der Waals surface area contributed by atoms with E-state index < -0.39 is 6.36 Å². The molecular formula is C18H12F3N3O2.